The van der Waals surface area contributed by atoms with E-state index in [4.69, 9.17) is 0 Å². The first-order valence-corrected chi connectivity index (χ1v) is 7.41. The van der Waals surface area contributed by atoms with Gasteiger partial charge in [-0.3, -0.25) is 0 Å². The maximum absolute atomic E-state index is 13.3. The van der Waals surface area contributed by atoms with Crippen LogP contribution in [0.5, 0.6) is 0 Å². The largest absolute Gasteiger partial charge is 0.459 e. The van der Waals surface area contributed by atoms with Crippen LogP contribution in [0.2, 0.25) is 0 Å². The molecule has 1 N–H and O–H groups in total. The van der Waals surface area contributed by atoms with Gasteiger partial charge in [0.1, 0.15) is 6.61 Å². The number of rotatable bonds is 7. The lowest BCUT2D eigenvalue weighted by molar-refractivity contribution is -0.369. The van der Waals surface area contributed by atoms with Gasteiger partial charge in [0, 0.05) is 5.41 Å². The number of alkyl halides is 7. The Bertz CT molecular complexity index is 413. The Labute approximate surface area is 137 Å². The summed E-state index contributed by atoms with van der Waals surface area (Å²) in [6.07, 6.45) is -8.07. The molecule has 0 spiro atoms. The second-order valence-electron chi connectivity index (χ2n) is 7.71. The van der Waals surface area contributed by atoms with Crippen molar-refractivity contribution in [2.24, 2.45) is 16.7 Å². The number of ether oxygens (including phenoxy) is 1. The fraction of sp³-hybridized carbons (Fsp3) is 1.00. The van der Waals surface area contributed by atoms with Crippen LogP contribution in [-0.2, 0) is 4.74 Å². The predicted octanol–water partition coefficient (Wildman–Crippen LogP) is 5.25. The van der Waals surface area contributed by atoms with Gasteiger partial charge in [-0.2, -0.15) is 30.7 Å². The van der Waals surface area contributed by atoms with E-state index in [2.05, 4.69) is 4.74 Å². The summed E-state index contributed by atoms with van der Waals surface area (Å²) in [6, 6.07) is 0. The van der Waals surface area contributed by atoms with Crippen molar-refractivity contribution in [3.8, 4) is 0 Å². The zero-order valence-corrected chi connectivity index (χ0v) is 14.6. The van der Waals surface area contributed by atoms with E-state index in [0.717, 1.165) is 0 Å². The van der Waals surface area contributed by atoms with E-state index >= 15 is 0 Å². The van der Waals surface area contributed by atoms with Crippen molar-refractivity contribution in [3.05, 3.63) is 0 Å². The molecule has 2 nitrogen and oxygen atoms in total. The molecular weight excluding hydrogens is 345 g/mol. The first-order chi connectivity index (χ1) is 10.3. The zero-order chi connectivity index (χ0) is 19.8. The lowest BCUT2D eigenvalue weighted by atomic mass is 9.63. The number of hydrogen-bond donors (Lipinski definition) is 1. The highest BCUT2D eigenvalue weighted by Crippen LogP contribution is 2.49. The van der Waals surface area contributed by atoms with E-state index in [1.807, 2.05) is 0 Å². The topological polar surface area (TPSA) is 29.5 Å². The minimum atomic E-state index is -6.42. The third-order valence-electron chi connectivity index (χ3n) is 4.33. The van der Waals surface area contributed by atoms with E-state index in [1.54, 1.807) is 34.6 Å². The molecule has 0 aliphatic carbocycles. The highest BCUT2D eigenvalue weighted by molar-refractivity contribution is 4.93. The fourth-order valence-corrected chi connectivity index (χ4v) is 2.29. The summed E-state index contributed by atoms with van der Waals surface area (Å²) >= 11 is 0. The van der Waals surface area contributed by atoms with Crippen LogP contribution in [0.15, 0.2) is 0 Å². The third-order valence-corrected chi connectivity index (χ3v) is 4.33. The van der Waals surface area contributed by atoms with Crippen LogP contribution in [0.3, 0.4) is 0 Å². The Morgan fingerprint density at radius 2 is 1.29 bits per heavy atom. The molecule has 0 radical (unpaired) electrons. The molecule has 0 aliphatic heterocycles. The third kappa shape index (κ3) is 4.74. The quantitative estimate of drug-likeness (QED) is 0.490. The fourth-order valence-electron chi connectivity index (χ4n) is 2.29. The van der Waals surface area contributed by atoms with Crippen LogP contribution in [0.1, 0.15) is 48.0 Å². The summed E-state index contributed by atoms with van der Waals surface area (Å²) in [5.74, 6) is -11.7. The van der Waals surface area contributed by atoms with Gasteiger partial charge in [0.15, 0.2) is 6.29 Å². The molecule has 24 heavy (non-hydrogen) atoms. The minimum absolute atomic E-state index is 0.00426. The average Bonchev–Trinajstić information content (AvgIpc) is 2.31. The standard InChI is InChI=1S/C15H25F7O2/c1-9(2)7-12(6,11(3,4)5)10(23)24-8-13(16,17)14(18,19)15(20,21)22/h9-10,23H,7-8H2,1-6H3/t10-,12?/m1/s1. The molecule has 0 aromatic carbocycles. The van der Waals surface area contributed by atoms with Gasteiger partial charge in [-0.25, -0.2) is 0 Å². The van der Waals surface area contributed by atoms with Gasteiger partial charge < -0.3 is 9.84 Å². The molecule has 9 heteroatoms. The molecule has 2 atom stereocenters. The van der Waals surface area contributed by atoms with Crippen molar-refractivity contribution in [1.82, 2.24) is 0 Å². The van der Waals surface area contributed by atoms with Crippen molar-refractivity contribution < 1.29 is 40.6 Å². The molecule has 0 saturated carbocycles. The van der Waals surface area contributed by atoms with E-state index in [-0.39, 0.29) is 5.92 Å². The summed E-state index contributed by atoms with van der Waals surface area (Å²) in [7, 11) is 0. The van der Waals surface area contributed by atoms with Crippen LogP contribution < -0.4 is 0 Å². The van der Waals surface area contributed by atoms with Gasteiger partial charge in [-0.1, -0.05) is 41.5 Å². The normalized spacial score (nSPS) is 18.6. The number of aliphatic hydroxyl groups is 1. The van der Waals surface area contributed by atoms with Crippen LogP contribution in [0.4, 0.5) is 30.7 Å². The molecule has 0 amide bonds. The van der Waals surface area contributed by atoms with Gasteiger partial charge >= 0.3 is 18.0 Å². The smallest absolute Gasteiger partial charge is 0.367 e. The highest BCUT2D eigenvalue weighted by Gasteiger charge is 2.73. The summed E-state index contributed by atoms with van der Waals surface area (Å²) in [5.41, 5.74) is -1.82. The molecule has 0 heterocycles. The second-order valence-corrected chi connectivity index (χ2v) is 7.71. The molecule has 0 aromatic heterocycles. The monoisotopic (exact) mass is 370 g/mol. The van der Waals surface area contributed by atoms with E-state index < -0.39 is 41.7 Å². The summed E-state index contributed by atoms with van der Waals surface area (Å²) in [4.78, 5) is 0. The van der Waals surface area contributed by atoms with Gasteiger partial charge in [0.2, 0.25) is 0 Å². The Balaban J connectivity index is 5.32. The Morgan fingerprint density at radius 3 is 1.58 bits per heavy atom. The number of halogens is 7. The van der Waals surface area contributed by atoms with E-state index in [9.17, 15) is 35.8 Å². The molecule has 0 rings (SSSR count). The molecule has 0 aromatic rings. The molecular formula is C15H25F7O2. The van der Waals surface area contributed by atoms with Crippen molar-refractivity contribution in [1.29, 1.82) is 0 Å². The Kier molecular flexibility index (Phi) is 6.81. The van der Waals surface area contributed by atoms with Gasteiger partial charge in [0.25, 0.3) is 0 Å². The Hall–Kier alpha value is -0.570. The molecule has 1 unspecified atom stereocenters. The van der Waals surface area contributed by atoms with Gasteiger partial charge in [-0.05, 0) is 17.8 Å². The minimum Gasteiger partial charge on any atom is -0.367 e. The molecule has 0 bridgehead atoms. The predicted molar refractivity (Wildman–Crippen MR) is 74.9 cm³/mol. The zero-order valence-electron chi connectivity index (χ0n) is 14.6. The SMILES string of the molecule is CC(C)CC(C)([C@H](O)OCC(F)(F)C(F)(F)C(F)(F)F)C(C)(C)C. The summed E-state index contributed by atoms with van der Waals surface area (Å²) < 4.78 is 93.0. The van der Waals surface area contributed by atoms with Gasteiger partial charge in [-0.15, -0.1) is 0 Å². The lowest BCUT2D eigenvalue weighted by Crippen LogP contribution is -2.55. The molecule has 0 fully saturated rings. The Morgan fingerprint density at radius 1 is 0.875 bits per heavy atom. The first-order valence-electron chi connectivity index (χ1n) is 7.41. The maximum Gasteiger partial charge on any atom is 0.459 e. The average molecular weight is 370 g/mol. The first kappa shape index (κ1) is 23.4. The molecule has 0 aliphatic rings. The summed E-state index contributed by atoms with van der Waals surface area (Å²) in [6.45, 7) is 7.91. The maximum atomic E-state index is 13.3. The second kappa shape index (κ2) is 6.97. The van der Waals surface area contributed by atoms with Crippen LogP contribution >= 0.6 is 0 Å². The van der Waals surface area contributed by atoms with Crippen molar-refractivity contribution >= 4 is 0 Å². The highest BCUT2D eigenvalue weighted by atomic mass is 19.4. The van der Waals surface area contributed by atoms with E-state index in [0.29, 0.717) is 6.42 Å². The molecule has 0 saturated heterocycles. The van der Waals surface area contributed by atoms with E-state index in [1.165, 1.54) is 6.92 Å². The lowest BCUT2D eigenvalue weighted by Gasteiger charge is -2.46. The van der Waals surface area contributed by atoms with Crippen LogP contribution in [0.25, 0.3) is 0 Å². The molecule has 146 valence electrons. The number of hydrogen-bond acceptors (Lipinski definition) is 2. The van der Waals surface area contributed by atoms with Crippen LogP contribution in [0, 0.1) is 16.7 Å². The van der Waals surface area contributed by atoms with Crippen molar-refractivity contribution in [2.75, 3.05) is 6.61 Å². The van der Waals surface area contributed by atoms with Crippen LogP contribution in [-0.4, -0.2) is 36.0 Å². The van der Waals surface area contributed by atoms with Crippen molar-refractivity contribution in [3.63, 3.8) is 0 Å². The summed E-state index contributed by atoms with van der Waals surface area (Å²) in [5, 5.41) is 10.1. The van der Waals surface area contributed by atoms with Gasteiger partial charge in [0.05, 0.1) is 0 Å². The van der Waals surface area contributed by atoms with Crippen molar-refractivity contribution in [2.45, 2.75) is 72.3 Å². The number of aliphatic hydroxyl groups excluding tert-OH is 1.